The maximum atomic E-state index is 4.46. The first-order chi connectivity index (χ1) is 9.25. The largest absolute Gasteiger partial charge is 0.367 e. The van der Waals surface area contributed by atoms with E-state index in [1.165, 1.54) is 44.1 Å². The van der Waals surface area contributed by atoms with Crippen LogP contribution in [0.4, 0.5) is 5.82 Å². The van der Waals surface area contributed by atoms with E-state index in [1.807, 2.05) is 11.4 Å². The van der Waals surface area contributed by atoms with E-state index in [-0.39, 0.29) is 0 Å². The van der Waals surface area contributed by atoms with E-state index < -0.39 is 0 Å². The van der Waals surface area contributed by atoms with Gasteiger partial charge in [0.25, 0.3) is 5.78 Å². The number of rotatable bonds is 2. The van der Waals surface area contributed by atoms with Crippen LogP contribution in [-0.2, 0) is 0 Å². The lowest BCUT2D eigenvalue weighted by atomic mass is 10.1. The highest BCUT2D eigenvalue weighted by Crippen LogP contribution is 2.24. The van der Waals surface area contributed by atoms with Gasteiger partial charge in [-0.05, 0) is 26.7 Å². The van der Waals surface area contributed by atoms with Crippen LogP contribution in [-0.4, -0.2) is 25.6 Å². The molecular weight excluding hydrogens is 238 g/mol. The van der Waals surface area contributed by atoms with Gasteiger partial charge >= 0.3 is 0 Å². The lowest BCUT2D eigenvalue weighted by molar-refractivity contribution is 0.613. The number of hydrogen-bond donors (Lipinski definition) is 1. The Morgan fingerprint density at radius 2 is 1.89 bits per heavy atom. The average molecular weight is 259 g/mol. The Morgan fingerprint density at radius 3 is 2.63 bits per heavy atom. The molecular formula is C14H21N5. The molecule has 3 rings (SSSR count). The number of fused-ring (bicyclic) bond motifs is 1. The maximum absolute atomic E-state index is 4.46. The zero-order valence-corrected chi connectivity index (χ0v) is 11.7. The quantitative estimate of drug-likeness (QED) is 0.843. The molecule has 102 valence electrons. The fourth-order valence-electron chi connectivity index (χ4n) is 2.82. The standard InChI is InChI=1S/C14H21N5/c1-10-11(2)17-14-15-9-16-19(14)13(10)18-12-7-5-3-4-6-8-12/h9,12,18H,3-8H2,1-2H3. The molecule has 1 N–H and O–H groups in total. The molecule has 0 amide bonds. The van der Waals surface area contributed by atoms with Crippen LogP contribution in [0.15, 0.2) is 6.33 Å². The molecule has 0 unspecified atom stereocenters. The Balaban J connectivity index is 1.94. The molecule has 0 bridgehead atoms. The van der Waals surface area contributed by atoms with E-state index in [0.717, 1.165) is 11.5 Å². The highest BCUT2D eigenvalue weighted by Gasteiger charge is 2.16. The second kappa shape index (κ2) is 5.15. The van der Waals surface area contributed by atoms with Gasteiger partial charge in [0.1, 0.15) is 12.1 Å². The SMILES string of the molecule is Cc1nc2ncnn2c(NC2CCCCCC2)c1C. The van der Waals surface area contributed by atoms with Gasteiger partial charge in [-0.15, -0.1) is 0 Å². The van der Waals surface area contributed by atoms with Crippen LogP contribution in [0.3, 0.4) is 0 Å². The lowest BCUT2D eigenvalue weighted by Gasteiger charge is -2.20. The molecule has 5 nitrogen and oxygen atoms in total. The summed E-state index contributed by atoms with van der Waals surface area (Å²) < 4.78 is 1.83. The zero-order chi connectivity index (χ0) is 13.2. The number of aromatic nitrogens is 4. The van der Waals surface area contributed by atoms with Crippen LogP contribution in [0.1, 0.15) is 49.8 Å². The molecule has 2 aromatic rings. The average Bonchev–Trinajstić information content (AvgIpc) is 2.71. The first-order valence-corrected chi connectivity index (χ1v) is 7.19. The summed E-state index contributed by atoms with van der Waals surface area (Å²) >= 11 is 0. The summed E-state index contributed by atoms with van der Waals surface area (Å²) in [6.07, 6.45) is 9.44. The van der Waals surface area contributed by atoms with Crippen molar-refractivity contribution in [3.63, 3.8) is 0 Å². The van der Waals surface area contributed by atoms with Crippen molar-refractivity contribution in [2.75, 3.05) is 5.32 Å². The first kappa shape index (κ1) is 12.4. The smallest absolute Gasteiger partial charge is 0.254 e. The van der Waals surface area contributed by atoms with Gasteiger partial charge in [0.05, 0.1) is 0 Å². The van der Waals surface area contributed by atoms with E-state index in [4.69, 9.17) is 0 Å². The minimum absolute atomic E-state index is 0.551. The van der Waals surface area contributed by atoms with E-state index in [2.05, 4.69) is 27.3 Å². The maximum Gasteiger partial charge on any atom is 0.254 e. The van der Waals surface area contributed by atoms with Crippen molar-refractivity contribution in [1.29, 1.82) is 0 Å². The molecule has 1 fully saturated rings. The van der Waals surface area contributed by atoms with Crippen molar-refractivity contribution in [3.05, 3.63) is 17.6 Å². The molecule has 19 heavy (non-hydrogen) atoms. The topological polar surface area (TPSA) is 55.1 Å². The summed E-state index contributed by atoms with van der Waals surface area (Å²) in [6.45, 7) is 4.13. The fraction of sp³-hybridized carbons (Fsp3) is 0.643. The fourth-order valence-corrected chi connectivity index (χ4v) is 2.82. The summed E-state index contributed by atoms with van der Waals surface area (Å²) in [4.78, 5) is 8.65. The summed E-state index contributed by atoms with van der Waals surface area (Å²) in [5, 5.41) is 7.97. The van der Waals surface area contributed by atoms with Crippen molar-refractivity contribution >= 4 is 11.6 Å². The highest BCUT2D eigenvalue weighted by atomic mass is 15.4. The third kappa shape index (κ3) is 2.41. The monoisotopic (exact) mass is 259 g/mol. The molecule has 0 radical (unpaired) electrons. The molecule has 0 saturated heterocycles. The van der Waals surface area contributed by atoms with Gasteiger partial charge in [-0.2, -0.15) is 14.6 Å². The number of anilines is 1. The normalized spacial score (nSPS) is 17.6. The van der Waals surface area contributed by atoms with Crippen molar-refractivity contribution in [3.8, 4) is 0 Å². The Labute approximate surface area is 113 Å². The molecule has 0 aromatic carbocycles. The minimum Gasteiger partial charge on any atom is -0.367 e. The van der Waals surface area contributed by atoms with Crippen molar-refractivity contribution < 1.29 is 0 Å². The first-order valence-electron chi connectivity index (χ1n) is 7.19. The van der Waals surface area contributed by atoms with Gasteiger partial charge in [-0.1, -0.05) is 25.7 Å². The summed E-state index contributed by atoms with van der Waals surface area (Å²) in [5.41, 5.74) is 2.19. The molecule has 1 saturated carbocycles. The molecule has 5 heteroatoms. The number of hydrogen-bond acceptors (Lipinski definition) is 4. The van der Waals surface area contributed by atoms with Crippen molar-refractivity contribution in [1.82, 2.24) is 19.6 Å². The van der Waals surface area contributed by atoms with Gasteiger partial charge in [0, 0.05) is 17.3 Å². The van der Waals surface area contributed by atoms with Crippen LogP contribution in [0.25, 0.3) is 5.78 Å². The predicted octanol–water partition coefficient (Wildman–Crippen LogP) is 2.88. The van der Waals surface area contributed by atoms with E-state index in [0.29, 0.717) is 11.8 Å². The van der Waals surface area contributed by atoms with E-state index in [1.54, 1.807) is 6.33 Å². The second-order valence-electron chi connectivity index (χ2n) is 5.48. The van der Waals surface area contributed by atoms with Gasteiger partial charge < -0.3 is 5.32 Å². The Hall–Kier alpha value is -1.65. The number of aryl methyl sites for hydroxylation is 1. The van der Waals surface area contributed by atoms with Crippen LogP contribution < -0.4 is 5.32 Å². The Kier molecular flexibility index (Phi) is 3.36. The summed E-state index contributed by atoms with van der Waals surface area (Å²) in [6, 6.07) is 0.551. The molecule has 2 heterocycles. The Morgan fingerprint density at radius 1 is 1.16 bits per heavy atom. The lowest BCUT2D eigenvalue weighted by Crippen LogP contribution is -2.21. The van der Waals surface area contributed by atoms with E-state index >= 15 is 0 Å². The molecule has 0 spiro atoms. The molecule has 1 aliphatic rings. The third-order valence-corrected chi connectivity index (χ3v) is 4.10. The van der Waals surface area contributed by atoms with Crippen LogP contribution in [0.2, 0.25) is 0 Å². The van der Waals surface area contributed by atoms with Crippen molar-refractivity contribution in [2.45, 2.75) is 58.4 Å². The molecule has 2 aromatic heterocycles. The van der Waals surface area contributed by atoms with Crippen molar-refractivity contribution in [2.24, 2.45) is 0 Å². The van der Waals surface area contributed by atoms with Gasteiger partial charge in [0.2, 0.25) is 0 Å². The number of nitrogens with zero attached hydrogens (tertiary/aromatic N) is 4. The van der Waals surface area contributed by atoms with Crippen LogP contribution in [0, 0.1) is 13.8 Å². The van der Waals surface area contributed by atoms with Gasteiger partial charge in [-0.25, -0.2) is 4.98 Å². The van der Waals surface area contributed by atoms with Gasteiger partial charge in [-0.3, -0.25) is 0 Å². The molecule has 1 aliphatic carbocycles. The zero-order valence-electron chi connectivity index (χ0n) is 11.7. The second-order valence-corrected chi connectivity index (χ2v) is 5.48. The summed E-state index contributed by atoms with van der Waals surface area (Å²) in [5.74, 6) is 1.74. The molecule has 0 aliphatic heterocycles. The molecule has 0 atom stereocenters. The summed E-state index contributed by atoms with van der Waals surface area (Å²) in [7, 11) is 0. The van der Waals surface area contributed by atoms with E-state index in [9.17, 15) is 0 Å². The van der Waals surface area contributed by atoms with Crippen LogP contribution >= 0.6 is 0 Å². The highest BCUT2D eigenvalue weighted by molar-refractivity contribution is 5.52. The number of nitrogens with one attached hydrogen (secondary N) is 1. The predicted molar refractivity (Wildman–Crippen MR) is 75.4 cm³/mol. The Bertz CT molecular complexity index is 566. The third-order valence-electron chi connectivity index (χ3n) is 4.10. The van der Waals surface area contributed by atoms with Gasteiger partial charge in [0.15, 0.2) is 0 Å². The minimum atomic E-state index is 0.551. The van der Waals surface area contributed by atoms with Crippen LogP contribution in [0.5, 0.6) is 0 Å².